The monoisotopic (exact) mass is 325 g/mol. The lowest BCUT2D eigenvalue weighted by molar-refractivity contribution is 0.0695. The van der Waals surface area contributed by atoms with Crippen LogP contribution in [0.5, 0.6) is 0 Å². The number of rotatable bonds is 5. The predicted octanol–water partition coefficient (Wildman–Crippen LogP) is 3.32. The first-order valence-corrected chi connectivity index (χ1v) is 8.53. The van der Waals surface area contributed by atoms with Crippen LogP contribution in [0.3, 0.4) is 0 Å². The Labute approximate surface area is 133 Å². The third kappa shape index (κ3) is 4.00. The third-order valence-electron chi connectivity index (χ3n) is 3.86. The summed E-state index contributed by atoms with van der Waals surface area (Å²) < 4.78 is 13.9. The molecule has 1 amide bonds. The van der Waals surface area contributed by atoms with E-state index >= 15 is 0 Å². The largest absolute Gasteiger partial charge is 0.478 e. The van der Waals surface area contributed by atoms with Crippen LogP contribution in [-0.4, -0.2) is 34.0 Å². The lowest BCUT2D eigenvalue weighted by atomic mass is 9.94. The van der Waals surface area contributed by atoms with Crippen molar-refractivity contribution >= 4 is 23.6 Å². The van der Waals surface area contributed by atoms with Crippen molar-refractivity contribution in [2.45, 2.75) is 43.9 Å². The molecular formula is C16H20FNO3S. The molecule has 0 aromatic heterocycles. The highest BCUT2D eigenvalue weighted by molar-refractivity contribution is 7.99. The van der Waals surface area contributed by atoms with Crippen molar-refractivity contribution in [1.82, 2.24) is 5.32 Å². The predicted molar refractivity (Wildman–Crippen MR) is 85.0 cm³/mol. The molecule has 1 aliphatic carbocycles. The zero-order valence-corrected chi connectivity index (χ0v) is 13.3. The van der Waals surface area contributed by atoms with Gasteiger partial charge in [-0.1, -0.05) is 19.8 Å². The smallest absolute Gasteiger partial charge is 0.335 e. The molecule has 1 fully saturated rings. The second-order valence-electron chi connectivity index (χ2n) is 5.36. The summed E-state index contributed by atoms with van der Waals surface area (Å²) in [5, 5.41) is 12.1. The molecule has 0 bridgehead atoms. The van der Waals surface area contributed by atoms with E-state index in [-0.39, 0.29) is 17.2 Å². The minimum atomic E-state index is -1.21. The molecule has 0 heterocycles. The topological polar surface area (TPSA) is 66.4 Å². The highest BCUT2D eigenvalue weighted by Gasteiger charge is 2.27. The molecule has 120 valence electrons. The van der Waals surface area contributed by atoms with Gasteiger partial charge in [-0.2, -0.15) is 11.8 Å². The van der Waals surface area contributed by atoms with Crippen LogP contribution < -0.4 is 5.32 Å². The Bertz CT molecular complexity index is 562. The Hall–Kier alpha value is -1.56. The van der Waals surface area contributed by atoms with Gasteiger partial charge in [0, 0.05) is 11.3 Å². The highest BCUT2D eigenvalue weighted by Crippen LogP contribution is 2.29. The second kappa shape index (κ2) is 7.63. The average molecular weight is 325 g/mol. The summed E-state index contributed by atoms with van der Waals surface area (Å²) in [4.78, 5) is 23.1. The number of hydrogen-bond donors (Lipinski definition) is 2. The van der Waals surface area contributed by atoms with E-state index in [0.29, 0.717) is 5.25 Å². The molecule has 2 atom stereocenters. The first kappa shape index (κ1) is 16.8. The van der Waals surface area contributed by atoms with Crippen LogP contribution in [0.15, 0.2) is 18.2 Å². The normalized spacial score (nSPS) is 21.4. The number of carboxylic acids is 1. The van der Waals surface area contributed by atoms with Gasteiger partial charge < -0.3 is 10.4 Å². The van der Waals surface area contributed by atoms with E-state index in [4.69, 9.17) is 5.11 Å². The molecule has 1 saturated carbocycles. The lowest BCUT2D eigenvalue weighted by Gasteiger charge is -2.31. The maximum Gasteiger partial charge on any atom is 0.335 e. The fourth-order valence-electron chi connectivity index (χ4n) is 2.75. The number of amides is 1. The van der Waals surface area contributed by atoms with E-state index in [9.17, 15) is 14.0 Å². The Morgan fingerprint density at radius 2 is 2.09 bits per heavy atom. The average Bonchev–Trinajstić information content (AvgIpc) is 2.49. The summed E-state index contributed by atoms with van der Waals surface area (Å²) in [5.41, 5.74) is -0.262. The van der Waals surface area contributed by atoms with E-state index in [1.54, 1.807) is 0 Å². The summed E-state index contributed by atoms with van der Waals surface area (Å²) in [7, 11) is 0. The van der Waals surface area contributed by atoms with Gasteiger partial charge in [0.05, 0.1) is 11.1 Å². The summed E-state index contributed by atoms with van der Waals surface area (Å²) in [6.45, 7) is 2.09. The Morgan fingerprint density at radius 3 is 2.73 bits per heavy atom. The van der Waals surface area contributed by atoms with E-state index in [0.717, 1.165) is 37.5 Å². The molecule has 0 aliphatic heterocycles. The van der Waals surface area contributed by atoms with Gasteiger partial charge in [0.25, 0.3) is 5.91 Å². The standard InChI is InChI=1S/C16H20FNO3S/c1-2-22-14-6-4-3-5-13(14)18-15(19)11-8-7-10(16(20)21)9-12(11)17/h7-9,13-14H,2-6H2,1H3,(H,18,19)(H,20,21). The number of carboxylic acid groups (broad SMARTS) is 1. The quantitative estimate of drug-likeness (QED) is 0.871. The number of thioether (sulfide) groups is 1. The SMILES string of the molecule is CCSC1CCCCC1NC(=O)c1ccc(C(=O)O)cc1F. The fourth-order valence-corrected chi connectivity index (χ4v) is 3.95. The number of aromatic carboxylic acids is 1. The molecule has 2 N–H and O–H groups in total. The molecule has 1 aromatic rings. The van der Waals surface area contributed by atoms with Crippen molar-refractivity contribution in [3.8, 4) is 0 Å². The molecule has 1 aromatic carbocycles. The van der Waals surface area contributed by atoms with Crippen LogP contribution >= 0.6 is 11.8 Å². The molecular weight excluding hydrogens is 305 g/mol. The van der Waals surface area contributed by atoms with Crippen molar-refractivity contribution in [2.24, 2.45) is 0 Å². The molecule has 0 radical (unpaired) electrons. The zero-order valence-electron chi connectivity index (χ0n) is 12.5. The summed E-state index contributed by atoms with van der Waals surface area (Å²) >= 11 is 1.82. The minimum absolute atomic E-state index is 0.0461. The minimum Gasteiger partial charge on any atom is -0.478 e. The summed E-state index contributed by atoms with van der Waals surface area (Å²) in [6, 6.07) is 3.42. The van der Waals surface area contributed by atoms with Gasteiger partial charge in [-0.05, 0) is 36.8 Å². The van der Waals surface area contributed by atoms with Crippen LogP contribution in [0.2, 0.25) is 0 Å². The third-order valence-corrected chi connectivity index (χ3v) is 5.19. The molecule has 22 heavy (non-hydrogen) atoms. The molecule has 0 spiro atoms. The number of hydrogen-bond acceptors (Lipinski definition) is 3. The lowest BCUT2D eigenvalue weighted by Crippen LogP contribution is -2.44. The zero-order chi connectivity index (χ0) is 16.1. The van der Waals surface area contributed by atoms with Crippen LogP contribution in [0, 0.1) is 5.82 Å². The summed E-state index contributed by atoms with van der Waals surface area (Å²) in [5.74, 6) is -1.49. The number of benzene rings is 1. The number of carbonyl (C=O) groups is 2. The van der Waals surface area contributed by atoms with Crippen molar-refractivity contribution in [3.05, 3.63) is 35.1 Å². The highest BCUT2D eigenvalue weighted by atomic mass is 32.2. The van der Waals surface area contributed by atoms with Gasteiger partial charge in [-0.15, -0.1) is 0 Å². The van der Waals surface area contributed by atoms with Gasteiger partial charge in [0.2, 0.25) is 0 Å². The van der Waals surface area contributed by atoms with E-state index in [1.165, 1.54) is 12.1 Å². The van der Waals surface area contributed by atoms with Crippen LogP contribution in [0.1, 0.15) is 53.3 Å². The molecule has 6 heteroatoms. The van der Waals surface area contributed by atoms with Crippen LogP contribution in [-0.2, 0) is 0 Å². The van der Waals surface area contributed by atoms with Crippen molar-refractivity contribution in [3.63, 3.8) is 0 Å². The first-order valence-electron chi connectivity index (χ1n) is 7.48. The number of carbonyl (C=O) groups excluding carboxylic acids is 1. The molecule has 2 unspecified atom stereocenters. The number of halogens is 1. The van der Waals surface area contributed by atoms with E-state index in [1.807, 2.05) is 11.8 Å². The Morgan fingerprint density at radius 1 is 1.36 bits per heavy atom. The van der Waals surface area contributed by atoms with Crippen molar-refractivity contribution in [2.75, 3.05) is 5.75 Å². The summed E-state index contributed by atoms with van der Waals surface area (Å²) in [6.07, 6.45) is 4.18. The first-order chi connectivity index (χ1) is 10.5. The van der Waals surface area contributed by atoms with E-state index < -0.39 is 17.7 Å². The van der Waals surface area contributed by atoms with Crippen LogP contribution in [0.25, 0.3) is 0 Å². The van der Waals surface area contributed by atoms with Gasteiger partial charge in [0.15, 0.2) is 0 Å². The number of nitrogens with one attached hydrogen (secondary N) is 1. The van der Waals surface area contributed by atoms with Gasteiger partial charge >= 0.3 is 5.97 Å². The second-order valence-corrected chi connectivity index (χ2v) is 6.87. The van der Waals surface area contributed by atoms with Gasteiger partial charge in [0.1, 0.15) is 5.82 Å². The molecule has 4 nitrogen and oxygen atoms in total. The van der Waals surface area contributed by atoms with Crippen molar-refractivity contribution < 1.29 is 19.1 Å². The molecule has 0 saturated heterocycles. The maximum atomic E-state index is 13.9. The van der Waals surface area contributed by atoms with Crippen LogP contribution in [0.4, 0.5) is 4.39 Å². The Balaban J connectivity index is 2.09. The maximum absolute atomic E-state index is 13.9. The molecule has 2 rings (SSSR count). The fraction of sp³-hybridized carbons (Fsp3) is 0.500. The Kier molecular flexibility index (Phi) is 5.83. The van der Waals surface area contributed by atoms with E-state index in [2.05, 4.69) is 12.2 Å². The van der Waals surface area contributed by atoms with Gasteiger partial charge in [-0.25, -0.2) is 9.18 Å². The van der Waals surface area contributed by atoms with Gasteiger partial charge in [-0.3, -0.25) is 4.79 Å². The van der Waals surface area contributed by atoms with Crippen molar-refractivity contribution in [1.29, 1.82) is 0 Å². The molecule has 1 aliphatic rings.